The van der Waals surface area contributed by atoms with E-state index in [1.807, 2.05) is 0 Å². The molecule has 2 fully saturated rings. The Morgan fingerprint density at radius 3 is 1.75 bits per heavy atom. The van der Waals surface area contributed by atoms with Gasteiger partial charge in [-0.25, -0.2) is 0 Å². The maximum Gasteiger partial charge on any atom is 0.0186 e. The van der Waals surface area contributed by atoms with Crippen LogP contribution >= 0.6 is 0 Å². The van der Waals surface area contributed by atoms with Crippen molar-refractivity contribution in [3.63, 3.8) is 0 Å². The van der Waals surface area contributed by atoms with Gasteiger partial charge >= 0.3 is 0 Å². The highest BCUT2D eigenvalue weighted by atomic mass is 15.0. The zero-order valence-electron chi connectivity index (χ0n) is 12.0. The standard InChI is InChI=1S/C15H29N/c1-13(2,3)11-9-15(7-8-15)16-10-12(11)14(4,5)6/h11-12,16H,7-10H2,1-6H3. The highest BCUT2D eigenvalue weighted by Crippen LogP contribution is 2.53. The van der Waals surface area contributed by atoms with Gasteiger partial charge in [0, 0.05) is 5.54 Å². The number of nitrogens with one attached hydrogen (secondary N) is 1. The summed E-state index contributed by atoms with van der Waals surface area (Å²) in [6, 6.07) is 0. The minimum atomic E-state index is 0.432. The van der Waals surface area contributed by atoms with Crippen molar-refractivity contribution < 1.29 is 0 Å². The smallest absolute Gasteiger partial charge is 0.0186 e. The Hall–Kier alpha value is -0.0400. The maximum atomic E-state index is 3.83. The largest absolute Gasteiger partial charge is 0.311 e. The van der Waals surface area contributed by atoms with Crippen LogP contribution in [0.5, 0.6) is 0 Å². The second-order valence-corrected chi connectivity index (χ2v) is 8.31. The Bertz CT molecular complexity index is 262. The van der Waals surface area contributed by atoms with Crippen molar-refractivity contribution in [2.75, 3.05) is 6.54 Å². The van der Waals surface area contributed by atoms with Crippen LogP contribution in [0.4, 0.5) is 0 Å². The Labute approximate surface area is 101 Å². The Kier molecular flexibility index (Phi) is 2.70. The highest BCUT2D eigenvalue weighted by molar-refractivity contribution is 5.09. The number of hydrogen-bond donors (Lipinski definition) is 1. The molecule has 2 aliphatic rings. The first-order valence-electron chi connectivity index (χ1n) is 6.89. The van der Waals surface area contributed by atoms with Crippen LogP contribution in [0.3, 0.4) is 0 Å². The maximum absolute atomic E-state index is 3.83. The van der Waals surface area contributed by atoms with Crippen molar-refractivity contribution in [1.82, 2.24) is 5.32 Å². The number of rotatable bonds is 0. The van der Waals surface area contributed by atoms with Gasteiger partial charge in [0.2, 0.25) is 0 Å². The summed E-state index contributed by atoms with van der Waals surface area (Å²) in [5.41, 5.74) is 1.44. The molecule has 2 rings (SSSR count). The minimum absolute atomic E-state index is 0.432. The summed E-state index contributed by atoms with van der Waals surface area (Å²) in [4.78, 5) is 0. The molecule has 1 saturated heterocycles. The molecule has 1 spiro atoms. The average molecular weight is 223 g/mol. The number of hydrogen-bond acceptors (Lipinski definition) is 1. The van der Waals surface area contributed by atoms with E-state index in [1.54, 1.807) is 0 Å². The van der Waals surface area contributed by atoms with E-state index in [0.717, 1.165) is 11.8 Å². The first-order valence-corrected chi connectivity index (χ1v) is 6.89. The van der Waals surface area contributed by atoms with Crippen LogP contribution in [-0.2, 0) is 0 Å². The van der Waals surface area contributed by atoms with E-state index in [1.165, 1.54) is 25.8 Å². The summed E-state index contributed by atoms with van der Waals surface area (Å²) in [6.45, 7) is 15.7. The van der Waals surface area contributed by atoms with Crippen molar-refractivity contribution in [2.45, 2.75) is 66.3 Å². The Morgan fingerprint density at radius 2 is 1.38 bits per heavy atom. The van der Waals surface area contributed by atoms with Crippen LogP contribution in [0.25, 0.3) is 0 Å². The summed E-state index contributed by atoms with van der Waals surface area (Å²) in [5, 5.41) is 3.83. The topological polar surface area (TPSA) is 12.0 Å². The van der Waals surface area contributed by atoms with Crippen molar-refractivity contribution in [1.29, 1.82) is 0 Å². The lowest BCUT2D eigenvalue weighted by Gasteiger charge is -2.49. The van der Waals surface area contributed by atoms with Gasteiger partial charge in [0.05, 0.1) is 0 Å². The van der Waals surface area contributed by atoms with Crippen molar-refractivity contribution in [2.24, 2.45) is 22.7 Å². The van der Waals surface area contributed by atoms with Gasteiger partial charge in [-0.05, 0) is 48.5 Å². The lowest BCUT2D eigenvalue weighted by Crippen LogP contribution is -2.53. The molecule has 1 saturated carbocycles. The zero-order chi connectivity index (χ0) is 12.2. The van der Waals surface area contributed by atoms with Gasteiger partial charge in [0.25, 0.3) is 0 Å². The second-order valence-electron chi connectivity index (χ2n) is 8.31. The molecule has 94 valence electrons. The van der Waals surface area contributed by atoms with E-state index >= 15 is 0 Å². The fourth-order valence-corrected chi connectivity index (χ4v) is 3.46. The molecule has 0 bridgehead atoms. The summed E-state index contributed by atoms with van der Waals surface area (Å²) < 4.78 is 0. The summed E-state index contributed by atoms with van der Waals surface area (Å²) in [6.07, 6.45) is 4.23. The van der Waals surface area contributed by atoms with Crippen molar-refractivity contribution >= 4 is 0 Å². The van der Waals surface area contributed by atoms with Crippen LogP contribution < -0.4 is 5.32 Å². The molecule has 0 aromatic rings. The molecule has 1 aliphatic carbocycles. The summed E-state index contributed by atoms with van der Waals surface area (Å²) >= 11 is 0. The molecule has 2 atom stereocenters. The predicted molar refractivity (Wildman–Crippen MR) is 70.5 cm³/mol. The van der Waals surface area contributed by atoms with E-state index in [9.17, 15) is 0 Å². The quantitative estimate of drug-likeness (QED) is 0.658. The minimum Gasteiger partial charge on any atom is -0.311 e. The molecule has 1 nitrogen and oxygen atoms in total. The number of piperidine rings is 1. The zero-order valence-corrected chi connectivity index (χ0v) is 12.0. The van der Waals surface area contributed by atoms with Crippen LogP contribution in [0.2, 0.25) is 0 Å². The Balaban J connectivity index is 2.18. The van der Waals surface area contributed by atoms with Gasteiger partial charge in [-0.3, -0.25) is 0 Å². The molecule has 1 aliphatic heterocycles. The van der Waals surface area contributed by atoms with Gasteiger partial charge < -0.3 is 5.32 Å². The van der Waals surface area contributed by atoms with Gasteiger partial charge in [-0.1, -0.05) is 41.5 Å². The summed E-state index contributed by atoms with van der Waals surface area (Å²) in [7, 11) is 0. The molecular weight excluding hydrogens is 194 g/mol. The fourth-order valence-electron chi connectivity index (χ4n) is 3.46. The van der Waals surface area contributed by atoms with Crippen LogP contribution in [0, 0.1) is 22.7 Å². The first-order chi connectivity index (χ1) is 7.14. The predicted octanol–water partition coefficient (Wildman–Crippen LogP) is 3.84. The average Bonchev–Trinajstić information content (AvgIpc) is 2.81. The molecule has 0 aromatic heterocycles. The second kappa shape index (κ2) is 3.48. The Morgan fingerprint density at radius 1 is 0.875 bits per heavy atom. The van der Waals surface area contributed by atoms with Gasteiger partial charge in [0.1, 0.15) is 0 Å². The highest BCUT2D eigenvalue weighted by Gasteiger charge is 2.52. The van der Waals surface area contributed by atoms with E-state index in [4.69, 9.17) is 0 Å². The fraction of sp³-hybridized carbons (Fsp3) is 1.00. The summed E-state index contributed by atoms with van der Waals surface area (Å²) in [5.74, 6) is 1.69. The van der Waals surface area contributed by atoms with Gasteiger partial charge in [-0.2, -0.15) is 0 Å². The van der Waals surface area contributed by atoms with E-state index in [0.29, 0.717) is 16.4 Å². The van der Waals surface area contributed by atoms with Gasteiger partial charge in [-0.15, -0.1) is 0 Å². The monoisotopic (exact) mass is 223 g/mol. The molecule has 0 aromatic carbocycles. The SMILES string of the molecule is CC(C)(C)C1CNC2(CC2)CC1C(C)(C)C. The third-order valence-electron chi connectivity index (χ3n) is 4.87. The molecule has 2 unspecified atom stereocenters. The van der Waals surface area contributed by atoms with E-state index < -0.39 is 0 Å². The molecule has 16 heavy (non-hydrogen) atoms. The lowest BCUT2D eigenvalue weighted by molar-refractivity contribution is 0.0228. The van der Waals surface area contributed by atoms with Crippen molar-refractivity contribution in [3.8, 4) is 0 Å². The van der Waals surface area contributed by atoms with Gasteiger partial charge in [0.15, 0.2) is 0 Å². The third kappa shape index (κ3) is 2.30. The van der Waals surface area contributed by atoms with Crippen LogP contribution in [0.15, 0.2) is 0 Å². The molecule has 1 heterocycles. The molecule has 1 heteroatoms. The molecular formula is C15H29N. The van der Waals surface area contributed by atoms with Crippen LogP contribution in [0.1, 0.15) is 60.8 Å². The van der Waals surface area contributed by atoms with Crippen molar-refractivity contribution in [3.05, 3.63) is 0 Å². The third-order valence-corrected chi connectivity index (χ3v) is 4.87. The van der Waals surface area contributed by atoms with E-state index in [-0.39, 0.29) is 0 Å². The lowest BCUT2D eigenvalue weighted by atomic mass is 9.60. The normalized spacial score (nSPS) is 34.1. The van der Waals surface area contributed by atoms with E-state index in [2.05, 4.69) is 46.9 Å². The molecule has 0 amide bonds. The first kappa shape index (κ1) is 12.4. The van der Waals surface area contributed by atoms with Crippen LogP contribution in [-0.4, -0.2) is 12.1 Å². The molecule has 0 radical (unpaired) electrons. The molecule has 1 N–H and O–H groups in total.